The summed E-state index contributed by atoms with van der Waals surface area (Å²) in [7, 11) is 2.16. The van der Waals surface area contributed by atoms with Gasteiger partial charge in [0.05, 0.1) is 11.2 Å². The minimum Gasteiger partial charge on any atom is -0.490 e. The average molecular weight is 524 g/mol. The number of hydrogen-bond acceptors (Lipinski definition) is 5. The summed E-state index contributed by atoms with van der Waals surface area (Å²) in [6.45, 7) is 2.74. The number of benzene rings is 2. The molecule has 2 fully saturated rings. The van der Waals surface area contributed by atoms with Crippen LogP contribution in [-0.4, -0.2) is 58.8 Å². The number of carbonyl (C=O) groups is 1. The van der Waals surface area contributed by atoms with Gasteiger partial charge in [0.15, 0.2) is 0 Å². The highest BCUT2D eigenvalue weighted by atomic mass is 16.5. The van der Waals surface area contributed by atoms with E-state index in [1.807, 2.05) is 60.8 Å². The second-order valence-corrected chi connectivity index (χ2v) is 11.2. The summed E-state index contributed by atoms with van der Waals surface area (Å²) < 4.78 is 6.22. The van der Waals surface area contributed by atoms with Gasteiger partial charge < -0.3 is 15.0 Å². The van der Waals surface area contributed by atoms with Crippen molar-refractivity contribution in [3.8, 4) is 17.0 Å². The van der Waals surface area contributed by atoms with Crippen molar-refractivity contribution in [1.82, 2.24) is 25.4 Å². The topological polar surface area (TPSA) is 83.1 Å². The molecular formula is C32H37N5O2. The predicted molar refractivity (Wildman–Crippen MR) is 154 cm³/mol. The minimum absolute atomic E-state index is 0.0631. The largest absolute Gasteiger partial charge is 0.490 e. The summed E-state index contributed by atoms with van der Waals surface area (Å²) in [4.78, 5) is 20.4. The van der Waals surface area contributed by atoms with E-state index in [-0.39, 0.29) is 17.4 Å². The van der Waals surface area contributed by atoms with Crippen LogP contribution in [-0.2, 0) is 5.41 Å². The van der Waals surface area contributed by atoms with Crippen LogP contribution in [0.2, 0.25) is 0 Å². The number of H-pyrrole nitrogens is 1. The number of likely N-dealkylation sites (tertiary alicyclic amines) is 1. The van der Waals surface area contributed by atoms with Crippen molar-refractivity contribution in [2.45, 2.75) is 56.5 Å². The Morgan fingerprint density at radius 2 is 1.85 bits per heavy atom. The molecule has 3 heterocycles. The van der Waals surface area contributed by atoms with E-state index in [0.29, 0.717) is 12.1 Å². The third-order valence-electron chi connectivity index (χ3n) is 8.53. The molecule has 7 heteroatoms. The number of pyridine rings is 1. The number of carbonyl (C=O) groups excluding carboxylic acids is 1. The lowest BCUT2D eigenvalue weighted by molar-refractivity contribution is 0.0936. The summed E-state index contributed by atoms with van der Waals surface area (Å²) in [5.74, 6) is 0.824. The van der Waals surface area contributed by atoms with Gasteiger partial charge in [0.1, 0.15) is 11.9 Å². The molecule has 2 aliphatic rings. The molecule has 2 aromatic heterocycles. The normalized spacial score (nSPS) is 18.2. The standard InChI is InChI=1S/C32H37N5O2/c1-37-19-14-26(15-20-37)39-25-11-8-23(9-12-25)30-27-21-24(10-13-28(27)35-36-30)31(38)34-22-32(16-4-2-5-17-32)29-7-3-6-18-33-29/h3,6-13,18,21,26H,2,4-5,14-17,19-20,22H2,1H3,(H,34,38)(H,35,36). The van der Waals surface area contributed by atoms with Crippen molar-refractivity contribution in [3.63, 3.8) is 0 Å². The highest BCUT2D eigenvalue weighted by Gasteiger charge is 2.35. The van der Waals surface area contributed by atoms with E-state index in [0.717, 1.165) is 72.4 Å². The molecule has 202 valence electrons. The smallest absolute Gasteiger partial charge is 0.251 e. The van der Waals surface area contributed by atoms with Crippen molar-refractivity contribution >= 4 is 16.8 Å². The molecule has 1 aliphatic heterocycles. The van der Waals surface area contributed by atoms with Crippen molar-refractivity contribution in [2.75, 3.05) is 26.7 Å². The lowest BCUT2D eigenvalue weighted by Gasteiger charge is -2.37. The molecule has 0 spiro atoms. The van der Waals surface area contributed by atoms with E-state index in [9.17, 15) is 4.79 Å². The molecule has 0 radical (unpaired) electrons. The van der Waals surface area contributed by atoms with E-state index < -0.39 is 0 Å². The second-order valence-electron chi connectivity index (χ2n) is 11.2. The van der Waals surface area contributed by atoms with Crippen LogP contribution in [0, 0.1) is 0 Å². The molecule has 1 aliphatic carbocycles. The molecule has 2 aromatic carbocycles. The van der Waals surface area contributed by atoms with Gasteiger partial charge >= 0.3 is 0 Å². The van der Waals surface area contributed by atoms with E-state index in [1.54, 1.807) is 0 Å². The summed E-state index contributed by atoms with van der Waals surface area (Å²) >= 11 is 0. The number of nitrogens with zero attached hydrogens (tertiary/aromatic N) is 3. The maximum Gasteiger partial charge on any atom is 0.251 e. The lowest BCUT2D eigenvalue weighted by Crippen LogP contribution is -2.42. The summed E-state index contributed by atoms with van der Waals surface area (Å²) in [6, 6.07) is 20.0. The zero-order valence-corrected chi connectivity index (χ0v) is 22.7. The van der Waals surface area contributed by atoms with Gasteiger partial charge in [-0.3, -0.25) is 14.9 Å². The first-order chi connectivity index (χ1) is 19.1. The SMILES string of the molecule is CN1CCC(Oc2ccc(-c3n[nH]c4ccc(C(=O)NCC5(c6ccccn6)CCCCC5)cc34)cc2)CC1. The van der Waals surface area contributed by atoms with E-state index >= 15 is 0 Å². The van der Waals surface area contributed by atoms with Crippen molar-refractivity contribution in [2.24, 2.45) is 0 Å². The van der Waals surface area contributed by atoms with Crippen LogP contribution in [0.3, 0.4) is 0 Å². The van der Waals surface area contributed by atoms with Gasteiger partial charge in [0, 0.05) is 53.5 Å². The maximum absolute atomic E-state index is 13.3. The third kappa shape index (κ3) is 5.55. The van der Waals surface area contributed by atoms with Crippen LogP contribution in [0.15, 0.2) is 66.9 Å². The van der Waals surface area contributed by atoms with Gasteiger partial charge in [-0.2, -0.15) is 5.10 Å². The Bertz CT molecular complexity index is 1400. The van der Waals surface area contributed by atoms with Gasteiger partial charge in [0.2, 0.25) is 0 Å². The Morgan fingerprint density at radius 3 is 2.59 bits per heavy atom. The molecule has 1 amide bonds. The highest BCUT2D eigenvalue weighted by molar-refractivity contribution is 6.01. The number of ether oxygens (including phenoxy) is 1. The maximum atomic E-state index is 13.3. The number of aromatic nitrogens is 3. The lowest BCUT2D eigenvalue weighted by atomic mass is 9.71. The summed E-state index contributed by atoms with van der Waals surface area (Å²) in [6.07, 6.45) is 9.90. The number of nitrogens with one attached hydrogen (secondary N) is 2. The zero-order chi connectivity index (χ0) is 26.7. The Hall–Kier alpha value is -3.71. The van der Waals surface area contributed by atoms with Gasteiger partial charge in [0.25, 0.3) is 5.91 Å². The zero-order valence-electron chi connectivity index (χ0n) is 22.7. The third-order valence-corrected chi connectivity index (χ3v) is 8.53. The van der Waals surface area contributed by atoms with Gasteiger partial charge in [-0.15, -0.1) is 0 Å². The van der Waals surface area contributed by atoms with Crippen molar-refractivity contribution < 1.29 is 9.53 Å². The number of hydrogen-bond donors (Lipinski definition) is 2. The number of rotatable bonds is 7. The molecular weight excluding hydrogens is 486 g/mol. The van der Waals surface area contributed by atoms with Crippen LogP contribution in [0.1, 0.15) is 61.0 Å². The van der Waals surface area contributed by atoms with E-state index in [4.69, 9.17) is 4.74 Å². The molecule has 0 atom stereocenters. The van der Waals surface area contributed by atoms with Gasteiger partial charge in [-0.1, -0.05) is 25.3 Å². The van der Waals surface area contributed by atoms with E-state index in [1.165, 1.54) is 19.3 Å². The number of piperidine rings is 1. The van der Waals surface area contributed by atoms with Crippen LogP contribution in [0.4, 0.5) is 0 Å². The Morgan fingerprint density at radius 1 is 1.05 bits per heavy atom. The predicted octanol–water partition coefficient (Wildman–Crippen LogP) is 5.73. The fourth-order valence-electron chi connectivity index (χ4n) is 6.14. The van der Waals surface area contributed by atoms with E-state index in [2.05, 4.69) is 38.5 Å². The number of amides is 1. The van der Waals surface area contributed by atoms with Crippen molar-refractivity contribution in [1.29, 1.82) is 0 Å². The summed E-state index contributed by atoms with van der Waals surface area (Å²) in [5.41, 5.74) is 4.36. The summed E-state index contributed by atoms with van der Waals surface area (Å²) in [5, 5.41) is 11.9. The van der Waals surface area contributed by atoms with Crippen LogP contribution in [0.5, 0.6) is 5.75 Å². The van der Waals surface area contributed by atoms with Crippen LogP contribution in [0.25, 0.3) is 22.2 Å². The highest BCUT2D eigenvalue weighted by Crippen LogP contribution is 2.38. The first-order valence-electron chi connectivity index (χ1n) is 14.2. The first kappa shape index (κ1) is 25.6. The number of fused-ring (bicyclic) bond motifs is 1. The fraction of sp³-hybridized carbons (Fsp3) is 0.406. The molecule has 6 rings (SSSR count). The molecule has 4 aromatic rings. The van der Waals surface area contributed by atoms with Crippen molar-refractivity contribution in [3.05, 3.63) is 78.1 Å². The number of aromatic amines is 1. The molecule has 39 heavy (non-hydrogen) atoms. The molecule has 1 saturated heterocycles. The Kier molecular flexibility index (Phi) is 7.33. The Balaban J connectivity index is 1.17. The van der Waals surface area contributed by atoms with Crippen LogP contribution >= 0.6 is 0 Å². The molecule has 0 bridgehead atoms. The molecule has 7 nitrogen and oxygen atoms in total. The Labute approximate surface area is 230 Å². The monoisotopic (exact) mass is 523 g/mol. The van der Waals surface area contributed by atoms with Gasteiger partial charge in [-0.25, -0.2) is 0 Å². The second kappa shape index (κ2) is 11.2. The molecule has 2 N–H and O–H groups in total. The average Bonchev–Trinajstić information content (AvgIpc) is 3.42. The first-order valence-corrected chi connectivity index (χ1v) is 14.2. The molecule has 1 saturated carbocycles. The van der Waals surface area contributed by atoms with Gasteiger partial charge in [-0.05, 0) is 87.3 Å². The quantitative estimate of drug-likeness (QED) is 0.323. The minimum atomic E-state index is -0.0998. The van der Waals surface area contributed by atoms with Crippen LogP contribution < -0.4 is 10.1 Å². The fourth-order valence-corrected chi connectivity index (χ4v) is 6.14. The molecule has 0 unspecified atom stereocenters.